The largest absolute Gasteiger partial charge is 0.445 e. The van der Waals surface area contributed by atoms with Crippen molar-refractivity contribution in [2.75, 3.05) is 6.54 Å². The molecule has 0 saturated heterocycles. The highest BCUT2D eigenvalue weighted by atomic mass is 16.6. The number of benzene rings is 1. The molecule has 0 spiro atoms. The summed E-state index contributed by atoms with van der Waals surface area (Å²) in [5.74, 6) is 0. The molecule has 1 rings (SSSR count). The van der Waals surface area contributed by atoms with Crippen molar-refractivity contribution >= 4 is 18.5 Å². The summed E-state index contributed by atoms with van der Waals surface area (Å²) in [6, 6.07) is 8.46. The summed E-state index contributed by atoms with van der Waals surface area (Å²) in [5.41, 5.74) is 0.259. The maximum atomic E-state index is 11.7. The molecule has 0 heterocycles. The molecule has 0 fully saturated rings. The molecule has 0 aliphatic carbocycles. The van der Waals surface area contributed by atoms with Gasteiger partial charge in [-0.1, -0.05) is 30.3 Å². The molecule has 7 nitrogen and oxygen atoms in total. The molecular weight excluding hydrogens is 312 g/mol. The third-order valence-electron chi connectivity index (χ3n) is 2.80. The number of hydrogen-bond donors (Lipinski definition) is 2. The van der Waals surface area contributed by atoms with Crippen LogP contribution in [0.2, 0.25) is 0 Å². The van der Waals surface area contributed by atoms with Crippen molar-refractivity contribution in [3.63, 3.8) is 0 Å². The summed E-state index contributed by atoms with van der Waals surface area (Å²) >= 11 is 0. The minimum atomic E-state index is -0.747. The maximum absolute atomic E-state index is 11.7. The highest BCUT2D eigenvalue weighted by Crippen LogP contribution is 2.06. The SMILES string of the molecule is CC(C)(C)OC(=O)NCC[C@@H](C=O)NC(=O)OCc1ccccc1. The molecule has 2 amide bonds. The van der Waals surface area contributed by atoms with E-state index >= 15 is 0 Å². The molecule has 132 valence electrons. The first-order chi connectivity index (χ1) is 11.3. The lowest BCUT2D eigenvalue weighted by atomic mass is 10.2. The van der Waals surface area contributed by atoms with Crippen molar-refractivity contribution in [3.05, 3.63) is 35.9 Å². The number of nitrogens with one attached hydrogen (secondary N) is 2. The molecule has 0 aliphatic heterocycles. The predicted octanol–water partition coefficient (Wildman–Crippen LogP) is 2.40. The third kappa shape index (κ3) is 8.77. The number of alkyl carbamates (subject to hydrolysis) is 2. The van der Waals surface area contributed by atoms with Crippen molar-refractivity contribution in [2.24, 2.45) is 0 Å². The van der Waals surface area contributed by atoms with Crippen molar-refractivity contribution in [2.45, 2.75) is 45.4 Å². The van der Waals surface area contributed by atoms with Crippen molar-refractivity contribution in [3.8, 4) is 0 Å². The van der Waals surface area contributed by atoms with E-state index in [9.17, 15) is 14.4 Å². The Morgan fingerprint density at radius 1 is 1.17 bits per heavy atom. The Labute approximate surface area is 141 Å². The number of amides is 2. The van der Waals surface area contributed by atoms with Gasteiger partial charge in [-0.15, -0.1) is 0 Å². The van der Waals surface area contributed by atoms with Gasteiger partial charge in [0.05, 0.1) is 6.04 Å². The highest BCUT2D eigenvalue weighted by molar-refractivity contribution is 5.73. The second kappa shape index (κ2) is 9.54. The smallest absolute Gasteiger partial charge is 0.408 e. The molecule has 7 heteroatoms. The minimum absolute atomic E-state index is 0.119. The van der Waals surface area contributed by atoms with Gasteiger partial charge in [0, 0.05) is 6.54 Å². The van der Waals surface area contributed by atoms with Crippen LogP contribution >= 0.6 is 0 Å². The molecular formula is C17H24N2O5. The van der Waals surface area contributed by atoms with Crippen LogP contribution in [0.1, 0.15) is 32.8 Å². The maximum Gasteiger partial charge on any atom is 0.408 e. The summed E-state index contributed by atoms with van der Waals surface area (Å²) in [6.07, 6.45) is -0.420. The van der Waals surface area contributed by atoms with Crippen molar-refractivity contribution < 1.29 is 23.9 Å². The van der Waals surface area contributed by atoms with Gasteiger partial charge in [-0.05, 0) is 32.8 Å². The van der Waals surface area contributed by atoms with Gasteiger partial charge in [-0.2, -0.15) is 0 Å². The number of carbonyl (C=O) groups excluding carboxylic acids is 3. The Kier molecular flexibility index (Phi) is 7.74. The molecule has 0 radical (unpaired) electrons. The Hall–Kier alpha value is -2.57. The predicted molar refractivity (Wildman–Crippen MR) is 88.5 cm³/mol. The summed E-state index contributed by atoms with van der Waals surface area (Å²) in [6.45, 7) is 5.58. The summed E-state index contributed by atoms with van der Waals surface area (Å²) in [4.78, 5) is 34.1. The quantitative estimate of drug-likeness (QED) is 0.746. The first kappa shape index (κ1) is 19.5. The summed E-state index contributed by atoms with van der Waals surface area (Å²) < 4.78 is 10.1. The number of hydrogen-bond acceptors (Lipinski definition) is 5. The molecule has 0 aromatic heterocycles. The topological polar surface area (TPSA) is 93.7 Å². The van der Waals surface area contributed by atoms with Crippen LogP contribution in [-0.4, -0.2) is 36.7 Å². The molecule has 0 aliphatic rings. The zero-order valence-electron chi connectivity index (χ0n) is 14.2. The standard InChI is InChI=1S/C17H24N2O5/c1-17(2,3)24-15(21)18-10-9-14(11-20)19-16(22)23-12-13-7-5-4-6-8-13/h4-8,11,14H,9-10,12H2,1-3H3,(H,18,21)(H,19,22)/t14-/m0/s1. The van der Waals surface area contributed by atoms with Crippen LogP contribution < -0.4 is 10.6 Å². The Morgan fingerprint density at radius 3 is 2.42 bits per heavy atom. The first-order valence-electron chi connectivity index (χ1n) is 7.69. The molecule has 2 N–H and O–H groups in total. The Morgan fingerprint density at radius 2 is 1.83 bits per heavy atom. The van der Waals surface area contributed by atoms with Gasteiger partial charge in [0.2, 0.25) is 0 Å². The van der Waals surface area contributed by atoms with E-state index in [2.05, 4.69) is 10.6 Å². The fourth-order valence-corrected chi connectivity index (χ4v) is 1.73. The van der Waals surface area contributed by atoms with E-state index in [1.165, 1.54) is 0 Å². The van der Waals surface area contributed by atoms with Crippen LogP contribution in [0.25, 0.3) is 0 Å². The molecule has 1 aromatic carbocycles. The van der Waals surface area contributed by atoms with Crippen LogP contribution in [0.4, 0.5) is 9.59 Å². The van der Waals surface area contributed by atoms with Gasteiger partial charge < -0.3 is 24.9 Å². The van der Waals surface area contributed by atoms with Gasteiger partial charge in [0.15, 0.2) is 0 Å². The van der Waals surface area contributed by atoms with Crippen LogP contribution in [0, 0.1) is 0 Å². The summed E-state index contributed by atoms with van der Waals surface area (Å²) in [7, 11) is 0. The van der Waals surface area contributed by atoms with Gasteiger partial charge in [-0.25, -0.2) is 9.59 Å². The molecule has 0 unspecified atom stereocenters. The third-order valence-corrected chi connectivity index (χ3v) is 2.80. The number of aldehydes is 1. The fraction of sp³-hybridized carbons (Fsp3) is 0.471. The first-order valence-corrected chi connectivity index (χ1v) is 7.69. The normalized spacial score (nSPS) is 12.0. The van der Waals surface area contributed by atoms with E-state index in [-0.39, 0.29) is 19.6 Å². The molecule has 24 heavy (non-hydrogen) atoms. The van der Waals surface area contributed by atoms with Crippen molar-refractivity contribution in [1.82, 2.24) is 10.6 Å². The molecule has 0 bridgehead atoms. The fourth-order valence-electron chi connectivity index (χ4n) is 1.73. The number of rotatable bonds is 7. The average Bonchev–Trinajstić information content (AvgIpc) is 2.51. The van der Waals surface area contributed by atoms with E-state index in [1.54, 1.807) is 20.8 Å². The lowest BCUT2D eigenvalue weighted by Crippen LogP contribution is -2.40. The van der Waals surface area contributed by atoms with E-state index in [1.807, 2.05) is 30.3 Å². The van der Waals surface area contributed by atoms with Gasteiger partial charge >= 0.3 is 12.2 Å². The second-order valence-electron chi connectivity index (χ2n) is 6.17. The lowest BCUT2D eigenvalue weighted by molar-refractivity contribution is -0.109. The number of ether oxygens (including phenoxy) is 2. The zero-order chi connectivity index (χ0) is 18.0. The average molecular weight is 336 g/mol. The molecule has 0 saturated carbocycles. The summed E-state index contributed by atoms with van der Waals surface area (Å²) in [5, 5.41) is 4.96. The second-order valence-corrected chi connectivity index (χ2v) is 6.17. The Balaban J connectivity index is 2.27. The van der Waals surface area contributed by atoms with Gasteiger partial charge in [-0.3, -0.25) is 0 Å². The minimum Gasteiger partial charge on any atom is -0.445 e. The van der Waals surface area contributed by atoms with E-state index in [0.717, 1.165) is 5.56 Å². The van der Waals surface area contributed by atoms with Crippen molar-refractivity contribution in [1.29, 1.82) is 0 Å². The van der Waals surface area contributed by atoms with E-state index < -0.39 is 23.8 Å². The van der Waals surface area contributed by atoms with Crippen LogP contribution in [-0.2, 0) is 20.9 Å². The van der Waals surface area contributed by atoms with Crippen LogP contribution in [0.3, 0.4) is 0 Å². The van der Waals surface area contributed by atoms with Gasteiger partial charge in [0.1, 0.15) is 18.5 Å². The van der Waals surface area contributed by atoms with E-state index in [0.29, 0.717) is 6.29 Å². The number of carbonyl (C=O) groups is 3. The zero-order valence-corrected chi connectivity index (χ0v) is 14.2. The molecule has 1 aromatic rings. The monoisotopic (exact) mass is 336 g/mol. The molecule has 1 atom stereocenters. The van der Waals surface area contributed by atoms with Gasteiger partial charge in [0.25, 0.3) is 0 Å². The lowest BCUT2D eigenvalue weighted by Gasteiger charge is -2.20. The van der Waals surface area contributed by atoms with E-state index in [4.69, 9.17) is 9.47 Å². The highest BCUT2D eigenvalue weighted by Gasteiger charge is 2.17. The van der Waals surface area contributed by atoms with Crippen LogP contribution in [0.5, 0.6) is 0 Å². The Bertz CT molecular complexity index is 540. The van der Waals surface area contributed by atoms with Crippen LogP contribution in [0.15, 0.2) is 30.3 Å².